The second kappa shape index (κ2) is 14.8. The number of methoxy groups -OCH3 is 1. The molecule has 8 heteroatoms. The quantitative estimate of drug-likeness (QED) is 0.163. The predicted octanol–water partition coefficient (Wildman–Crippen LogP) is 4.28. The number of carbonyl (C=O) groups excluding carboxylic acids is 1. The smallest absolute Gasteiger partial charge is 0.309 e. The maximum atomic E-state index is 12.0. The van der Waals surface area contributed by atoms with Crippen LogP contribution in [0, 0.1) is 11.8 Å². The van der Waals surface area contributed by atoms with Gasteiger partial charge >= 0.3 is 5.97 Å². The van der Waals surface area contributed by atoms with E-state index < -0.39 is 0 Å². The van der Waals surface area contributed by atoms with Crippen LogP contribution in [0.1, 0.15) is 33.6 Å². The fourth-order valence-electron chi connectivity index (χ4n) is 3.28. The van der Waals surface area contributed by atoms with Gasteiger partial charge in [-0.3, -0.25) is 9.79 Å². The molecule has 1 unspecified atom stereocenters. The van der Waals surface area contributed by atoms with Gasteiger partial charge in [0, 0.05) is 36.8 Å². The number of benzene rings is 1. The Morgan fingerprint density at radius 2 is 2.00 bits per heavy atom. The second-order valence-corrected chi connectivity index (χ2v) is 8.34. The summed E-state index contributed by atoms with van der Waals surface area (Å²) < 4.78 is 10.6. The number of guanidine groups is 1. The lowest BCUT2D eigenvalue weighted by Gasteiger charge is -2.33. The third-order valence-corrected chi connectivity index (χ3v) is 6.28. The van der Waals surface area contributed by atoms with Crippen LogP contribution in [0.3, 0.4) is 0 Å². The van der Waals surface area contributed by atoms with Crippen LogP contribution in [-0.2, 0) is 9.53 Å². The Labute approximate surface area is 202 Å². The number of aliphatic imine (C=N–C) groups is 1. The number of hydrogen-bond donors (Lipinski definition) is 1. The molecule has 1 heterocycles. The van der Waals surface area contributed by atoms with E-state index in [1.165, 1.54) is 4.90 Å². The van der Waals surface area contributed by atoms with E-state index in [4.69, 9.17) is 14.5 Å². The number of nitrogens with zero attached hydrogens (tertiary/aromatic N) is 2. The van der Waals surface area contributed by atoms with Crippen LogP contribution < -0.4 is 10.1 Å². The number of piperidine rings is 1. The van der Waals surface area contributed by atoms with E-state index in [1.54, 1.807) is 7.11 Å². The SMILES string of the molecule is CCNC(=NCC(C)CSc1ccccc1OC)N1CCC(C(=O)OCC)CC1.I. The molecule has 1 atom stereocenters. The fourth-order valence-corrected chi connectivity index (χ4v) is 4.32. The largest absolute Gasteiger partial charge is 0.496 e. The standard InChI is InChI=1S/C22H35N3O3S.HI/c1-5-23-22(25-13-11-18(12-14-25)21(26)28-6-2)24-15-17(3)16-29-20-10-8-7-9-19(20)27-4;/h7-10,17-18H,5-6,11-16H2,1-4H3,(H,23,24);1H. The molecular formula is C22H36IN3O3S. The van der Waals surface area contributed by atoms with Crippen LogP contribution in [0.15, 0.2) is 34.2 Å². The first-order valence-electron chi connectivity index (χ1n) is 10.5. The van der Waals surface area contributed by atoms with Gasteiger partial charge in [0.2, 0.25) is 0 Å². The fraction of sp³-hybridized carbons (Fsp3) is 0.636. The highest BCUT2D eigenvalue weighted by Gasteiger charge is 2.27. The summed E-state index contributed by atoms with van der Waals surface area (Å²) in [6.45, 7) is 9.89. The second-order valence-electron chi connectivity index (χ2n) is 7.28. The van der Waals surface area contributed by atoms with Gasteiger partial charge in [-0.2, -0.15) is 0 Å². The molecule has 0 radical (unpaired) electrons. The molecule has 1 aromatic rings. The zero-order valence-electron chi connectivity index (χ0n) is 18.6. The van der Waals surface area contributed by atoms with Crippen molar-refractivity contribution < 1.29 is 14.3 Å². The third-order valence-electron chi connectivity index (χ3n) is 4.89. The van der Waals surface area contributed by atoms with Gasteiger partial charge in [0.25, 0.3) is 0 Å². The van der Waals surface area contributed by atoms with Crippen LogP contribution in [0.2, 0.25) is 0 Å². The summed E-state index contributed by atoms with van der Waals surface area (Å²) in [5.41, 5.74) is 0. The van der Waals surface area contributed by atoms with Crippen molar-refractivity contribution in [2.45, 2.75) is 38.5 Å². The Balaban J connectivity index is 0.00000450. The van der Waals surface area contributed by atoms with E-state index in [9.17, 15) is 4.79 Å². The number of ether oxygens (including phenoxy) is 2. The first kappa shape index (κ1) is 26.9. The minimum atomic E-state index is -0.0592. The van der Waals surface area contributed by atoms with Crippen molar-refractivity contribution in [2.75, 3.05) is 45.6 Å². The molecule has 1 aliphatic rings. The number of nitrogens with one attached hydrogen (secondary N) is 1. The summed E-state index contributed by atoms with van der Waals surface area (Å²) in [4.78, 5) is 20.2. The van der Waals surface area contributed by atoms with Crippen molar-refractivity contribution >= 4 is 47.7 Å². The van der Waals surface area contributed by atoms with Gasteiger partial charge in [-0.15, -0.1) is 35.7 Å². The monoisotopic (exact) mass is 549 g/mol. The summed E-state index contributed by atoms with van der Waals surface area (Å²) in [5.74, 6) is 3.25. The summed E-state index contributed by atoms with van der Waals surface area (Å²) in [5, 5.41) is 3.40. The van der Waals surface area contributed by atoms with E-state index >= 15 is 0 Å². The average Bonchev–Trinajstić information content (AvgIpc) is 2.75. The number of rotatable bonds is 9. The first-order valence-corrected chi connectivity index (χ1v) is 11.5. The number of carbonyl (C=O) groups is 1. The molecule has 0 saturated carbocycles. The topological polar surface area (TPSA) is 63.2 Å². The zero-order chi connectivity index (χ0) is 21.1. The molecule has 1 aromatic carbocycles. The highest BCUT2D eigenvalue weighted by Crippen LogP contribution is 2.30. The molecule has 0 aromatic heterocycles. The van der Waals surface area contributed by atoms with Gasteiger partial charge in [0.05, 0.1) is 19.6 Å². The molecule has 0 bridgehead atoms. The average molecular weight is 550 g/mol. The normalized spacial score (nSPS) is 15.9. The first-order chi connectivity index (χ1) is 14.1. The van der Waals surface area contributed by atoms with Crippen molar-refractivity contribution in [3.05, 3.63) is 24.3 Å². The Bertz CT molecular complexity index is 667. The Morgan fingerprint density at radius 1 is 1.30 bits per heavy atom. The van der Waals surface area contributed by atoms with Crippen LogP contribution in [0.5, 0.6) is 5.75 Å². The molecular weight excluding hydrogens is 513 g/mol. The van der Waals surface area contributed by atoms with Crippen LogP contribution >= 0.6 is 35.7 Å². The van der Waals surface area contributed by atoms with Crippen molar-refractivity contribution in [3.8, 4) is 5.75 Å². The van der Waals surface area contributed by atoms with Crippen molar-refractivity contribution in [3.63, 3.8) is 0 Å². The van der Waals surface area contributed by atoms with Crippen molar-refractivity contribution in [1.82, 2.24) is 10.2 Å². The lowest BCUT2D eigenvalue weighted by atomic mass is 9.97. The van der Waals surface area contributed by atoms with Crippen LogP contribution in [0.4, 0.5) is 0 Å². The number of halogens is 1. The maximum absolute atomic E-state index is 12.0. The number of para-hydroxylation sites is 1. The Hall–Kier alpha value is -1.16. The van der Waals surface area contributed by atoms with E-state index in [0.29, 0.717) is 12.5 Å². The number of thioether (sulfide) groups is 1. The lowest BCUT2D eigenvalue weighted by molar-refractivity contribution is -0.149. The molecule has 170 valence electrons. The van der Waals surface area contributed by atoms with Gasteiger partial charge in [0.15, 0.2) is 5.96 Å². The minimum Gasteiger partial charge on any atom is -0.496 e. The van der Waals surface area contributed by atoms with E-state index in [0.717, 1.165) is 56.5 Å². The molecule has 30 heavy (non-hydrogen) atoms. The van der Waals surface area contributed by atoms with E-state index in [1.807, 2.05) is 36.9 Å². The molecule has 1 N–H and O–H groups in total. The molecule has 1 saturated heterocycles. The van der Waals surface area contributed by atoms with Crippen molar-refractivity contribution in [1.29, 1.82) is 0 Å². The van der Waals surface area contributed by atoms with Crippen LogP contribution in [0.25, 0.3) is 0 Å². The summed E-state index contributed by atoms with van der Waals surface area (Å²) in [6.07, 6.45) is 1.64. The van der Waals surface area contributed by atoms with Gasteiger partial charge in [-0.1, -0.05) is 19.1 Å². The number of esters is 1. The maximum Gasteiger partial charge on any atom is 0.309 e. The van der Waals surface area contributed by atoms with E-state index in [2.05, 4.69) is 30.1 Å². The molecule has 0 aliphatic carbocycles. The molecule has 1 fully saturated rings. The zero-order valence-corrected chi connectivity index (χ0v) is 21.7. The Kier molecular flexibility index (Phi) is 13.2. The minimum absolute atomic E-state index is 0. The summed E-state index contributed by atoms with van der Waals surface area (Å²) >= 11 is 1.81. The Morgan fingerprint density at radius 3 is 2.63 bits per heavy atom. The van der Waals surface area contributed by atoms with Gasteiger partial charge < -0.3 is 19.7 Å². The van der Waals surface area contributed by atoms with Gasteiger partial charge in [0.1, 0.15) is 5.75 Å². The lowest BCUT2D eigenvalue weighted by Crippen LogP contribution is -2.47. The van der Waals surface area contributed by atoms with Gasteiger partial charge in [-0.25, -0.2) is 0 Å². The predicted molar refractivity (Wildman–Crippen MR) is 135 cm³/mol. The summed E-state index contributed by atoms with van der Waals surface area (Å²) in [7, 11) is 1.71. The molecule has 6 nitrogen and oxygen atoms in total. The molecule has 2 rings (SSSR count). The molecule has 1 aliphatic heterocycles. The number of likely N-dealkylation sites (tertiary alicyclic amines) is 1. The number of hydrogen-bond acceptors (Lipinski definition) is 5. The summed E-state index contributed by atoms with van der Waals surface area (Å²) in [6, 6.07) is 8.12. The van der Waals surface area contributed by atoms with E-state index in [-0.39, 0.29) is 35.9 Å². The third kappa shape index (κ3) is 8.53. The van der Waals surface area contributed by atoms with Crippen LogP contribution in [-0.4, -0.2) is 62.5 Å². The molecule has 0 amide bonds. The van der Waals surface area contributed by atoms with Crippen molar-refractivity contribution in [2.24, 2.45) is 16.8 Å². The highest BCUT2D eigenvalue weighted by atomic mass is 127. The highest BCUT2D eigenvalue weighted by molar-refractivity contribution is 14.0. The van der Waals surface area contributed by atoms with Gasteiger partial charge in [-0.05, 0) is 44.7 Å². The molecule has 0 spiro atoms.